The van der Waals surface area contributed by atoms with Crippen molar-refractivity contribution in [1.82, 2.24) is 4.72 Å². The number of nitrogens with zero attached hydrogens (tertiary/aromatic N) is 1. The quantitative estimate of drug-likeness (QED) is 0.239. The molecule has 0 unspecified atom stereocenters. The number of sulfonamides is 1. The van der Waals surface area contributed by atoms with Gasteiger partial charge >= 0.3 is 0 Å². The van der Waals surface area contributed by atoms with Crippen LogP contribution < -0.4 is 15.8 Å². The molecule has 0 aliphatic carbocycles. The Balaban J connectivity index is 0.00000312. The van der Waals surface area contributed by atoms with E-state index in [-0.39, 0.29) is 43.0 Å². The van der Waals surface area contributed by atoms with E-state index in [9.17, 15) is 8.42 Å². The lowest BCUT2D eigenvalue weighted by molar-refractivity contribution is 0.584. The monoisotopic (exact) mass is 494 g/mol. The van der Waals surface area contributed by atoms with Crippen molar-refractivity contribution >= 4 is 57.0 Å². The van der Waals surface area contributed by atoms with E-state index in [4.69, 9.17) is 5.73 Å². The first kappa shape index (κ1) is 21.9. The number of guanidine groups is 1. The Kier molecular flexibility index (Phi) is 8.83. The van der Waals surface area contributed by atoms with Gasteiger partial charge in [0.15, 0.2) is 5.96 Å². The molecule has 0 aliphatic heterocycles. The van der Waals surface area contributed by atoms with Crippen molar-refractivity contribution < 1.29 is 8.42 Å². The molecule has 25 heavy (non-hydrogen) atoms. The van der Waals surface area contributed by atoms with Gasteiger partial charge in [-0.2, -0.15) is 0 Å². The number of anilines is 1. The molecule has 1 aromatic heterocycles. The summed E-state index contributed by atoms with van der Waals surface area (Å²) in [6, 6.07) is 11.3. The van der Waals surface area contributed by atoms with Crippen molar-refractivity contribution in [3.05, 3.63) is 46.8 Å². The summed E-state index contributed by atoms with van der Waals surface area (Å²) in [6.07, 6.45) is 0.941. The number of aryl methyl sites for hydroxylation is 2. The van der Waals surface area contributed by atoms with Gasteiger partial charge in [-0.15, -0.1) is 35.3 Å². The van der Waals surface area contributed by atoms with Crippen molar-refractivity contribution in [2.45, 2.75) is 24.5 Å². The Hall–Kier alpha value is -1.17. The minimum Gasteiger partial charge on any atom is -0.370 e. The number of thiophene rings is 1. The van der Waals surface area contributed by atoms with Gasteiger partial charge in [0.1, 0.15) is 4.21 Å². The summed E-state index contributed by atoms with van der Waals surface area (Å²) in [5.74, 6) is 0.259. The van der Waals surface area contributed by atoms with Gasteiger partial charge in [0.2, 0.25) is 10.0 Å². The Bertz CT molecular complexity index is 819. The maximum atomic E-state index is 12.1. The summed E-state index contributed by atoms with van der Waals surface area (Å²) in [5, 5.41) is 3.00. The summed E-state index contributed by atoms with van der Waals surface area (Å²) < 4.78 is 26.9. The third-order valence-corrected chi connectivity index (χ3v) is 6.23. The van der Waals surface area contributed by atoms with Crippen LogP contribution in [0.1, 0.15) is 17.4 Å². The van der Waals surface area contributed by atoms with E-state index in [0.29, 0.717) is 4.21 Å². The average Bonchev–Trinajstić information content (AvgIpc) is 2.99. The van der Waals surface area contributed by atoms with Gasteiger partial charge in [-0.3, -0.25) is 4.99 Å². The molecule has 0 saturated heterocycles. The zero-order chi connectivity index (χ0) is 17.6. The van der Waals surface area contributed by atoms with Crippen LogP contribution in [0.15, 0.2) is 45.6 Å². The van der Waals surface area contributed by atoms with Crippen LogP contribution in [0, 0.1) is 6.92 Å². The van der Waals surface area contributed by atoms with Gasteiger partial charge in [0.05, 0.1) is 6.54 Å². The lowest BCUT2D eigenvalue weighted by Gasteiger charge is -2.07. The molecule has 4 N–H and O–H groups in total. The zero-order valence-electron chi connectivity index (χ0n) is 14.2. The van der Waals surface area contributed by atoms with Gasteiger partial charge in [-0.1, -0.05) is 19.1 Å². The first-order chi connectivity index (χ1) is 11.4. The number of hydrogen-bond donors (Lipinski definition) is 3. The maximum Gasteiger partial charge on any atom is 0.250 e. The Morgan fingerprint density at radius 3 is 2.68 bits per heavy atom. The molecule has 0 saturated carbocycles. The topological polar surface area (TPSA) is 96.6 Å². The highest BCUT2D eigenvalue weighted by molar-refractivity contribution is 14.0. The van der Waals surface area contributed by atoms with Gasteiger partial charge in [0.25, 0.3) is 0 Å². The molecule has 138 valence electrons. The first-order valence-electron chi connectivity index (χ1n) is 7.62. The van der Waals surface area contributed by atoms with Crippen molar-refractivity contribution in [2.75, 3.05) is 18.4 Å². The van der Waals surface area contributed by atoms with Crippen molar-refractivity contribution in [1.29, 1.82) is 0 Å². The third-order valence-electron chi connectivity index (χ3n) is 3.27. The fourth-order valence-corrected chi connectivity index (χ4v) is 4.39. The van der Waals surface area contributed by atoms with Crippen LogP contribution in [0.4, 0.5) is 5.69 Å². The number of hydrogen-bond acceptors (Lipinski definition) is 4. The van der Waals surface area contributed by atoms with E-state index >= 15 is 0 Å². The first-order valence-corrected chi connectivity index (χ1v) is 9.92. The fraction of sp³-hybridized carbons (Fsp3) is 0.312. The van der Waals surface area contributed by atoms with Crippen LogP contribution in [0.25, 0.3) is 0 Å². The molecule has 1 heterocycles. The summed E-state index contributed by atoms with van der Waals surface area (Å²) in [5.41, 5.74) is 7.89. The van der Waals surface area contributed by atoms with E-state index in [2.05, 4.69) is 22.0 Å². The summed E-state index contributed by atoms with van der Waals surface area (Å²) in [4.78, 5) is 5.09. The van der Waals surface area contributed by atoms with Crippen LogP contribution in [0.3, 0.4) is 0 Å². The number of benzene rings is 1. The van der Waals surface area contributed by atoms with E-state index < -0.39 is 10.0 Å². The molecular formula is C16H23IN4O2S2. The van der Waals surface area contributed by atoms with E-state index in [1.165, 1.54) is 16.9 Å². The minimum absolute atomic E-state index is 0. The second-order valence-corrected chi connectivity index (χ2v) is 8.49. The molecule has 0 aliphatic rings. The number of nitrogens with one attached hydrogen (secondary N) is 2. The van der Waals surface area contributed by atoms with Crippen molar-refractivity contribution in [3.8, 4) is 0 Å². The van der Waals surface area contributed by atoms with Crippen molar-refractivity contribution in [3.63, 3.8) is 0 Å². The van der Waals surface area contributed by atoms with Crippen molar-refractivity contribution in [2.24, 2.45) is 10.7 Å². The highest BCUT2D eigenvalue weighted by atomic mass is 127. The molecule has 0 bridgehead atoms. The Labute approximate surface area is 170 Å². The largest absolute Gasteiger partial charge is 0.370 e. The molecule has 1 aromatic carbocycles. The standard InChI is InChI=1S/C16H22N4O2S2.HI/c1-3-13-5-4-6-14(11-13)20-16(17)18-9-10-19-24(21,22)15-8-7-12(2)23-15;/h4-8,11,19H,3,9-10H2,1-2H3,(H3,17,18,20);1H. The number of halogens is 1. The maximum absolute atomic E-state index is 12.1. The molecule has 0 amide bonds. The highest BCUT2D eigenvalue weighted by Gasteiger charge is 2.14. The molecular weight excluding hydrogens is 471 g/mol. The third kappa shape index (κ3) is 6.92. The van der Waals surface area contributed by atoms with E-state index in [1.807, 2.05) is 31.2 Å². The van der Waals surface area contributed by atoms with Gasteiger partial charge in [-0.05, 0) is 43.2 Å². The lowest BCUT2D eigenvalue weighted by Crippen LogP contribution is -2.28. The molecule has 0 spiro atoms. The molecule has 0 atom stereocenters. The number of nitrogens with two attached hydrogens (primary N) is 1. The zero-order valence-corrected chi connectivity index (χ0v) is 18.1. The smallest absolute Gasteiger partial charge is 0.250 e. The SMILES string of the molecule is CCc1cccc(NC(N)=NCCNS(=O)(=O)c2ccc(C)s2)c1.I. The number of rotatable bonds is 7. The average molecular weight is 494 g/mol. The highest BCUT2D eigenvalue weighted by Crippen LogP contribution is 2.19. The fourth-order valence-electron chi connectivity index (χ4n) is 2.04. The van der Waals surface area contributed by atoms with Crippen LogP contribution >= 0.6 is 35.3 Å². The summed E-state index contributed by atoms with van der Waals surface area (Å²) in [6.45, 7) is 4.40. The lowest BCUT2D eigenvalue weighted by atomic mass is 10.1. The minimum atomic E-state index is -3.47. The molecule has 2 rings (SSSR count). The molecule has 6 nitrogen and oxygen atoms in total. The molecule has 0 radical (unpaired) electrons. The second kappa shape index (κ2) is 10.1. The number of aliphatic imine (C=N–C) groups is 1. The van der Waals surface area contributed by atoms with Crippen LogP contribution in [-0.2, 0) is 16.4 Å². The summed E-state index contributed by atoms with van der Waals surface area (Å²) in [7, 11) is -3.47. The predicted octanol–water partition coefficient (Wildman–Crippen LogP) is 2.94. The van der Waals surface area contributed by atoms with Gasteiger partial charge in [0, 0.05) is 17.1 Å². The summed E-state index contributed by atoms with van der Waals surface area (Å²) >= 11 is 1.24. The molecule has 9 heteroatoms. The van der Waals surface area contributed by atoms with Crippen LogP contribution in [0.2, 0.25) is 0 Å². The van der Waals surface area contributed by atoms with Crippen LogP contribution in [0.5, 0.6) is 0 Å². The molecule has 0 fully saturated rings. The second-order valence-electron chi connectivity index (χ2n) is 5.21. The molecule has 2 aromatic rings. The van der Waals surface area contributed by atoms with E-state index in [0.717, 1.165) is 17.0 Å². The predicted molar refractivity (Wildman–Crippen MR) is 116 cm³/mol. The van der Waals surface area contributed by atoms with Gasteiger partial charge in [-0.25, -0.2) is 13.1 Å². The van der Waals surface area contributed by atoms with Crippen LogP contribution in [-0.4, -0.2) is 27.5 Å². The Morgan fingerprint density at radius 2 is 2.04 bits per heavy atom. The Morgan fingerprint density at radius 1 is 1.28 bits per heavy atom. The van der Waals surface area contributed by atoms with Gasteiger partial charge < -0.3 is 11.1 Å². The normalized spacial score (nSPS) is 11.8. The van der Waals surface area contributed by atoms with E-state index in [1.54, 1.807) is 12.1 Å².